The van der Waals surface area contributed by atoms with Gasteiger partial charge in [0.1, 0.15) is 0 Å². The Labute approximate surface area is 109 Å². The molecule has 0 aromatic carbocycles. The molecule has 0 aliphatic carbocycles. The molecule has 3 atom stereocenters. The molecule has 5 nitrogen and oxygen atoms in total. The maximum Gasteiger partial charge on any atom is 0.239 e. The van der Waals surface area contributed by atoms with Crippen molar-refractivity contribution < 1.29 is 9.59 Å². The highest BCUT2D eigenvalue weighted by atomic mass is 16.2. The van der Waals surface area contributed by atoms with Crippen LogP contribution in [0.15, 0.2) is 0 Å². The van der Waals surface area contributed by atoms with E-state index in [1.54, 1.807) is 19.0 Å². The second-order valence-electron chi connectivity index (χ2n) is 5.37. The molecule has 18 heavy (non-hydrogen) atoms. The number of nitrogens with zero attached hydrogens (tertiary/aromatic N) is 1. The van der Waals surface area contributed by atoms with E-state index in [1.807, 2.05) is 6.92 Å². The molecular weight excluding hydrogens is 230 g/mol. The van der Waals surface area contributed by atoms with Crippen molar-refractivity contribution in [3.63, 3.8) is 0 Å². The minimum Gasteiger partial charge on any atom is -0.359 e. The summed E-state index contributed by atoms with van der Waals surface area (Å²) in [5.41, 5.74) is 0. The molecule has 2 N–H and O–H groups in total. The molecule has 0 saturated carbocycles. The van der Waals surface area contributed by atoms with Crippen LogP contribution in [0.3, 0.4) is 0 Å². The molecule has 1 aliphatic rings. The van der Waals surface area contributed by atoms with Crippen LogP contribution in [0, 0.1) is 11.8 Å². The van der Waals surface area contributed by atoms with E-state index in [9.17, 15) is 9.59 Å². The highest BCUT2D eigenvalue weighted by Gasteiger charge is 2.28. The van der Waals surface area contributed by atoms with Crippen molar-refractivity contribution in [2.24, 2.45) is 11.8 Å². The fourth-order valence-corrected chi connectivity index (χ4v) is 2.39. The molecule has 0 radical (unpaired) electrons. The lowest BCUT2D eigenvalue weighted by Gasteiger charge is -2.31. The van der Waals surface area contributed by atoms with Crippen LogP contribution in [-0.4, -0.2) is 49.9 Å². The quantitative estimate of drug-likeness (QED) is 0.755. The summed E-state index contributed by atoms with van der Waals surface area (Å²) >= 11 is 0. The van der Waals surface area contributed by atoms with Crippen molar-refractivity contribution in [3.05, 3.63) is 0 Å². The minimum absolute atomic E-state index is 0.0281. The number of piperidine rings is 1. The maximum absolute atomic E-state index is 12.2. The van der Waals surface area contributed by atoms with Crippen molar-refractivity contribution in [1.82, 2.24) is 15.5 Å². The Morgan fingerprint density at radius 2 is 2.17 bits per heavy atom. The number of rotatable bonds is 4. The summed E-state index contributed by atoms with van der Waals surface area (Å²) in [5.74, 6) is 0.479. The summed E-state index contributed by atoms with van der Waals surface area (Å²) in [5, 5.41) is 5.86. The lowest BCUT2D eigenvalue weighted by Crippen LogP contribution is -2.50. The minimum atomic E-state index is -0.176. The van der Waals surface area contributed by atoms with Gasteiger partial charge < -0.3 is 15.5 Å². The zero-order chi connectivity index (χ0) is 13.7. The summed E-state index contributed by atoms with van der Waals surface area (Å²) in [4.78, 5) is 25.3. The van der Waals surface area contributed by atoms with E-state index in [-0.39, 0.29) is 23.8 Å². The Balaban J connectivity index is 2.47. The predicted octanol–water partition coefficient (Wildman–Crippen LogP) is 0.215. The first kappa shape index (κ1) is 15.0. The van der Waals surface area contributed by atoms with E-state index in [1.165, 1.54) is 0 Å². The highest BCUT2D eigenvalue weighted by Crippen LogP contribution is 2.16. The first-order chi connectivity index (χ1) is 8.45. The fourth-order valence-electron chi connectivity index (χ4n) is 2.39. The normalized spacial score (nSPS) is 25.3. The Hall–Kier alpha value is -1.10. The largest absolute Gasteiger partial charge is 0.359 e. The monoisotopic (exact) mass is 255 g/mol. The molecule has 1 saturated heterocycles. The number of nitrogens with one attached hydrogen (secondary N) is 2. The molecule has 0 aromatic rings. The van der Waals surface area contributed by atoms with E-state index in [0.29, 0.717) is 12.5 Å². The summed E-state index contributed by atoms with van der Waals surface area (Å²) in [6.07, 6.45) is 2.01. The number of carbonyl (C=O) groups is 2. The van der Waals surface area contributed by atoms with Crippen molar-refractivity contribution in [2.75, 3.05) is 27.2 Å². The van der Waals surface area contributed by atoms with Crippen LogP contribution in [0.5, 0.6) is 0 Å². The summed E-state index contributed by atoms with van der Waals surface area (Å²) < 4.78 is 0. The third-order valence-corrected chi connectivity index (χ3v) is 3.58. The third-order valence-electron chi connectivity index (χ3n) is 3.58. The van der Waals surface area contributed by atoms with E-state index in [2.05, 4.69) is 17.6 Å². The number of likely N-dealkylation sites (N-methyl/N-ethyl adjacent to an activating group) is 1. The molecule has 1 heterocycles. The first-order valence-corrected chi connectivity index (χ1v) is 6.65. The van der Waals surface area contributed by atoms with Crippen LogP contribution < -0.4 is 10.6 Å². The lowest BCUT2D eigenvalue weighted by molar-refractivity contribution is -0.134. The molecular formula is C13H25N3O2. The van der Waals surface area contributed by atoms with Gasteiger partial charge in [-0.2, -0.15) is 0 Å². The van der Waals surface area contributed by atoms with Gasteiger partial charge >= 0.3 is 0 Å². The second kappa shape index (κ2) is 6.73. The van der Waals surface area contributed by atoms with Crippen LogP contribution in [-0.2, 0) is 9.59 Å². The van der Waals surface area contributed by atoms with E-state index in [4.69, 9.17) is 0 Å². The van der Waals surface area contributed by atoms with Gasteiger partial charge in [0.25, 0.3) is 0 Å². The van der Waals surface area contributed by atoms with Gasteiger partial charge in [0.2, 0.25) is 11.8 Å². The van der Waals surface area contributed by atoms with Gasteiger partial charge in [-0.25, -0.2) is 0 Å². The molecule has 0 bridgehead atoms. The number of hydrogen-bond acceptors (Lipinski definition) is 3. The second-order valence-corrected chi connectivity index (χ2v) is 5.37. The predicted molar refractivity (Wildman–Crippen MR) is 71.1 cm³/mol. The highest BCUT2D eigenvalue weighted by molar-refractivity contribution is 5.83. The summed E-state index contributed by atoms with van der Waals surface area (Å²) in [7, 11) is 3.38. The van der Waals surface area contributed by atoms with Gasteiger partial charge in [0.05, 0.1) is 12.0 Å². The zero-order valence-electron chi connectivity index (χ0n) is 11.8. The molecule has 3 unspecified atom stereocenters. The SMILES string of the molecule is CNC(=O)C(C)CN(C)C(=O)C1CC(C)CCN1. The standard InChI is InChI=1S/C13H25N3O2/c1-9-5-6-15-11(7-9)13(18)16(4)8-10(2)12(17)14-3/h9-11,15H,5-8H2,1-4H3,(H,14,17). The average Bonchev–Trinajstić information content (AvgIpc) is 2.36. The molecule has 1 aliphatic heterocycles. The molecule has 0 aromatic heterocycles. The number of amides is 2. The summed E-state index contributed by atoms with van der Waals surface area (Å²) in [6.45, 7) is 5.37. The molecule has 2 amide bonds. The van der Waals surface area contributed by atoms with Crippen LogP contribution in [0.4, 0.5) is 0 Å². The Morgan fingerprint density at radius 1 is 1.50 bits per heavy atom. The molecule has 1 fully saturated rings. The smallest absolute Gasteiger partial charge is 0.239 e. The average molecular weight is 255 g/mol. The van der Waals surface area contributed by atoms with E-state index >= 15 is 0 Å². The number of hydrogen-bond donors (Lipinski definition) is 2. The Kier molecular flexibility index (Phi) is 5.59. The summed E-state index contributed by atoms with van der Waals surface area (Å²) in [6, 6.07) is -0.0874. The Morgan fingerprint density at radius 3 is 2.72 bits per heavy atom. The van der Waals surface area contributed by atoms with Gasteiger partial charge in [-0.15, -0.1) is 0 Å². The van der Waals surface area contributed by atoms with Gasteiger partial charge in [-0.05, 0) is 25.3 Å². The number of carbonyl (C=O) groups excluding carboxylic acids is 2. The van der Waals surface area contributed by atoms with Crippen molar-refractivity contribution >= 4 is 11.8 Å². The van der Waals surface area contributed by atoms with Gasteiger partial charge in [-0.3, -0.25) is 9.59 Å². The fraction of sp³-hybridized carbons (Fsp3) is 0.846. The lowest BCUT2D eigenvalue weighted by atomic mass is 9.93. The van der Waals surface area contributed by atoms with Gasteiger partial charge in [0.15, 0.2) is 0 Å². The van der Waals surface area contributed by atoms with E-state index in [0.717, 1.165) is 19.4 Å². The molecule has 104 valence electrons. The van der Waals surface area contributed by atoms with Crippen LogP contribution >= 0.6 is 0 Å². The van der Waals surface area contributed by atoms with Crippen molar-refractivity contribution in [1.29, 1.82) is 0 Å². The van der Waals surface area contributed by atoms with Gasteiger partial charge in [-0.1, -0.05) is 13.8 Å². The zero-order valence-corrected chi connectivity index (χ0v) is 11.8. The third kappa shape index (κ3) is 3.98. The maximum atomic E-state index is 12.2. The topological polar surface area (TPSA) is 61.4 Å². The molecule has 0 spiro atoms. The van der Waals surface area contributed by atoms with Crippen LogP contribution in [0.1, 0.15) is 26.7 Å². The molecule has 5 heteroatoms. The van der Waals surface area contributed by atoms with Gasteiger partial charge in [0, 0.05) is 20.6 Å². The molecule has 1 rings (SSSR count). The van der Waals surface area contributed by atoms with E-state index < -0.39 is 0 Å². The van der Waals surface area contributed by atoms with Crippen molar-refractivity contribution in [3.8, 4) is 0 Å². The first-order valence-electron chi connectivity index (χ1n) is 6.65. The van der Waals surface area contributed by atoms with Crippen molar-refractivity contribution in [2.45, 2.75) is 32.7 Å². The Bertz CT molecular complexity index is 307. The van der Waals surface area contributed by atoms with Crippen LogP contribution in [0.2, 0.25) is 0 Å². The van der Waals surface area contributed by atoms with Crippen LogP contribution in [0.25, 0.3) is 0 Å².